The van der Waals surface area contributed by atoms with Gasteiger partial charge in [-0.05, 0) is 36.4 Å². The molecular weight excluding hydrogens is 366 g/mol. The average molecular weight is 387 g/mol. The summed E-state index contributed by atoms with van der Waals surface area (Å²) in [5.41, 5.74) is 2.70. The molecule has 4 aromatic rings. The van der Waals surface area contributed by atoms with Gasteiger partial charge in [-0.2, -0.15) is 0 Å². The van der Waals surface area contributed by atoms with Gasteiger partial charge in [0.1, 0.15) is 12.4 Å². The summed E-state index contributed by atoms with van der Waals surface area (Å²) in [6, 6.07) is 21.3. The molecule has 3 aromatic carbocycles. The van der Waals surface area contributed by atoms with Gasteiger partial charge >= 0.3 is 0 Å². The van der Waals surface area contributed by atoms with Gasteiger partial charge in [-0.1, -0.05) is 30.3 Å². The van der Waals surface area contributed by atoms with Gasteiger partial charge in [0, 0.05) is 22.8 Å². The highest BCUT2D eigenvalue weighted by molar-refractivity contribution is 5.78. The lowest BCUT2D eigenvalue weighted by Gasteiger charge is -2.13. The maximum absolute atomic E-state index is 5.90. The van der Waals surface area contributed by atoms with E-state index in [0.717, 1.165) is 27.9 Å². The van der Waals surface area contributed by atoms with E-state index in [9.17, 15) is 0 Å². The Kier molecular flexibility index (Phi) is 5.42. The number of hydrogen-bond acceptors (Lipinski definition) is 6. The Morgan fingerprint density at radius 1 is 0.862 bits per heavy atom. The molecule has 1 N–H and O–H groups in total. The van der Waals surface area contributed by atoms with Gasteiger partial charge in [-0.15, -0.1) is 0 Å². The Morgan fingerprint density at radius 3 is 2.48 bits per heavy atom. The molecule has 0 atom stereocenters. The standard InChI is InChI=1S/C23H21N3O3/c1-27-21-9-5-7-17(22(21)28-2)15-29-19-12-10-18(11-13-19)25-23-24-14-16-6-3-4-8-20(16)26-23/h3-14H,15H2,1-2H3,(H,24,25,26). The Labute approximate surface area is 169 Å². The molecule has 29 heavy (non-hydrogen) atoms. The molecule has 0 amide bonds. The van der Waals surface area contributed by atoms with Crippen molar-refractivity contribution in [3.8, 4) is 17.2 Å². The normalized spacial score (nSPS) is 10.6. The fourth-order valence-corrected chi connectivity index (χ4v) is 3.02. The van der Waals surface area contributed by atoms with E-state index in [2.05, 4.69) is 15.3 Å². The lowest BCUT2D eigenvalue weighted by molar-refractivity contribution is 0.291. The number of nitrogens with zero attached hydrogens (tertiary/aromatic N) is 2. The summed E-state index contributed by atoms with van der Waals surface area (Å²) in [5.74, 6) is 2.67. The summed E-state index contributed by atoms with van der Waals surface area (Å²) >= 11 is 0. The second kappa shape index (κ2) is 8.48. The summed E-state index contributed by atoms with van der Waals surface area (Å²) in [5, 5.41) is 4.23. The van der Waals surface area contributed by atoms with Crippen LogP contribution in [0, 0.1) is 0 Å². The maximum atomic E-state index is 5.90. The van der Waals surface area contributed by atoms with Gasteiger partial charge in [0.2, 0.25) is 5.95 Å². The first-order valence-corrected chi connectivity index (χ1v) is 9.18. The van der Waals surface area contributed by atoms with Gasteiger partial charge in [0.15, 0.2) is 11.5 Å². The zero-order valence-corrected chi connectivity index (χ0v) is 16.3. The minimum atomic E-state index is 0.376. The van der Waals surface area contributed by atoms with Crippen LogP contribution >= 0.6 is 0 Å². The zero-order valence-electron chi connectivity index (χ0n) is 16.3. The highest BCUT2D eigenvalue weighted by Crippen LogP contribution is 2.31. The van der Waals surface area contributed by atoms with Crippen molar-refractivity contribution in [2.75, 3.05) is 19.5 Å². The first-order valence-electron chi connectivity index (χ1n) is 9.18. The number of rotatable bonds is 7. The maximum Gasteiger partial charge on any atom is 0.227 e. The number of anilines is 2. The summed E-state index contributed by atoms with van der Waals surface area (Å²) in [6.45, 7) is 0.376. The minimum absolute atomic E-state index is 0.376. The molecule has 6 nitrogen and oxygen atoms in total. The Morgan fingerprint density at radius 2 is 1.69 bits per heavy atom. The van der Waals surface area contributed by atoms with E-state index in [-0.39, 0.29) is 0 Å². The predicted octanol–water partition coefficient (Wildman–Crippen LogP) is 4.97. The fraction of sp³-hybridized carbons (Fsp3) is 0.130. The van der Waals surface area contributed by atoms with Crippen LogP contribution < -0.4 is 19.5 Å². The van der Waals surface area contributed by atoms with E-state index in [1.807, 2.05) is 72.9 Å². The Bertz CT molecular complexity index is 1110. The lowest BCUT2D eigenvalue weighted by Crippen LogP contribution is -2.01. The largest absolute Gasteiger partial charge is 0.493 e. The molecule has 0 aliphatic carbocycles. The molecule has 0 unspecified atom stereocenters. The van der Waals surface area contributed by atoms with Gasteiger partial charge in [0.25, 0.3) is 0 Å². The topological polar surface area (TPSA) is 65.5 Å². The highest BCUT2D eigenvalue weighted by atomic mass is 16.5. The van der Waals surface area contributed by atoms with Crippen LogP contribution in [0.2, 0.25) is 0 Å². The highest BCUT2D eigenvalue weighted by Gasteiger charge is 2.10. The molecule has 0 radical (unpaired) electrons. The molecule has 0 spiro atoms. The molecule has 4 rings (SSSR count). The second-order valence-electron chi connectivity index (χ2n) is 6.34. The van der Waals surface area contributed by atoms with E-state index in [1.165, 1.54) is 0 Å². The number of methoxy groups -OCH3 is 2. The van der Waals surface area contributed by atoms with Crippen LogP contribution in [-0.4, -0.2) is 24.2 Å². The predicted molar refractivity (Wildman–Crippen MR) is 113 cm³/mol. The first-order chi connectivity index (χ1) is 14.3. The third-order valence-electron chi connectivity index (χ3n) is 4.48. The SMILES string of the molecule is COc1cccc(COc2ccc(Nc3ncc4ccccc4n3)cc2)c1OC. The van der Waals surface area contributed by atoms with Crippen molar-refractivity contribution in [2.45, 2.75) is 6.61 Å². The molecule has 0 saturated heterocycles. The smallest absolute Gasteiger partial charge is 0.227 e. The van der Waals surface area contributed by atoms with E-state index < -0.39 is 0 Å². The number of nitrogens with one attached hydrogen (secondary N) is 1. The molecular formula is C23H21N3O3. The summed E-state index contributed by atoms with van der Waals surface area (Å²) < 4.78 is 16.7. The van der Waals surface area contributed by atoms with E-state index in [0.29, 0.717) is 24.1 Å². The zero-order chi connectivity index (χ0) is 20.1. The number of fused-ring (bicyclic) bond motifs is 1. The van der Waals surface area contributed by atoms with Crippen molar-refractivity contribution in [3.05, 3.63) is 78.5 Å². The van der Waals surface area contributed by atoms with Crippen LogP contribution in [0.3, 0.4) is 0 Å². The van der Waals surface area contributed by atoms with E-state index in [4.69, 9.17) is 14.2 Å². The number of ether oxygens (including phenoxy) is 3. The van der Waals surface area contributed by atoms with Crippen molar-refractivity contribution in [2.24, 2.45) is 0 Å². The van der Waals surface area contributed by atoms with Crippen LogP contribution in [0.25, 0.3) is 10.9 Å². The third kappa shape index (κ3) is 4.21. The van der Waals surface area contributed by atoms with Gasteiger partial charge < -0.3 is 19.5 Å². The van der Waals surface area contributed by atoms with Gasteiger partial charge in [-0.25, -0.2) is 9.97 Å². The molecule has 1 heterocycles. The second-order valence-corrected chi connectivity index (χ2v) is 6.34. The van der Waals surface area contributed by atoms with Crippen LogP contribution in [0.15, 0.2) is 72.9 Å². The summed E-state index contributed by atoms with van der Waals surface area (Å²) in [6.07, 6.45) is 1.81. The number of benzene rings is 3. The Hall–Kier alpha value is -3.80. The lowest BCUT2D eigenvalue weighted by atomic mass is 10.2. The number of aromatic nitrogens is 2. The van der Waals surface area contributed by atoms with Crippen molar-refractivity contribution in [3.63, 3.8) is 0 Å². The molecule has 0 aliphatic heterocycles. The van der Waals surface area contributed by atoms with E-state index >= 15 is 0 Å². The van der Waals surface area contributed by atoms with Gasteiger partial charge in [0.05, 0.1) is 19.7 Å². The quantitative estimate of drug-likeness (QED) is 0.483. The molecule has 0 bridgehead atoms. The van der Waals surface area contributed by atoms with Crippen molar-refractivity contribution < 1.29 is 14.2 Å². The molecule has 0 fully saturated rings. The monoisotopic (exact) mass is 387 g/mol. The molecule has 0 saturated carbocycles. The average Bonchev–Trinajstić information content (AvgIpc) is 2.78. The van der Waals surface area contributed by atoms with Crippen LogP contribution in [-0.2, 0) is 6.61 Å². The van der Waals surface area contributed by atoms with Crippen LogP contribution in [0.1, 0.15) is 5.56 Å². The minimum Gasteiger partial charge on any atom is -0.493 e. The van der Waals surface area contributed by atoms with E-state index in [1.54, 1.807) is 14.2 Å². The third-order valence-corrected chi connectivity index (χ3v) is 4.48. The summed E-state index contributed by atoms with van der Waals surface area (Å²) in [7, 11) is 3.24. The Balaban J connectivity index is 1.43. The molecule has 0 aliphatic rings. The summed E-state index contributed by atoms with van der Waals surface area (Å²) in [4.78, 5) is 8.88. The fourth-order valence-electron chi connectivity index (χ4n) is 3.02. The van der Waals surface area contributed by atoms with Crippen molar-refractivity contribution >= 4 is 22.5 Å². The molecule has 1 aromatic heterocycles. The van der Waals surface area contributed by atoms with Crippen LogP contribution in [0.4, 0.5) is 11.6 Å². The van der Waals surface area contributed by atoms with Crippen molar-refractivity contribution in [1.82, 2.24) is 9.97 Å². The molecule has 6 heteroatoms. The van der Waals surface area contributed by atoms with Crippen molar-refractivity contribution in [1.29, 1.82) is 0 Å². The first kappa shape index (κ1) is 18.6. The number of hydrogen-bond donors (Lipinski definition) is 1. The van der Waals surface area contributed by atoms with Crippen LogP contribution in [0.5, 0.6) is 17.2 Å². The van der Waals surface area contributed by atoms with Gasteiger partial charge in [-0.3, -0.25) is 0 Å². The molecule has 146 valence electrons. The number of para-hydroxylation sites is 2.